The number of carbonyl (C=O) groups is 1. The number of pyridine rings is 1. The van der Waals surface area contributed by atoms with Crippen LogP contribution in [0.2, 0.25) is 5.02 Å². The van der Waals surface area contributed by atoms with E-state index < -0.39 is 10.0 Å². The number of sulfonamides is 1. The Labute approximate surface area is 174 Å². The minimum Gasteiger partial charge on any atom is -0.326 e. The molecule has 0 saturated carbocycles. The molecule has 1 aromatic heterocycles. The van der Waals surface area contributed by atoms with Crippen molar-refractivity contribution < 1.29 is 13.2 Å². The van der Waals surface area contributed by atoms with Gasteiger partial charge in [-0.25, -0.2) is 8.42 Å². The van der Waals surface area contributed by atoms with Gasteiger partial charge in [0, 0.05) is 41.3 Å². The van der Waals surface area contributed by atoms with Crippen molar-refractivity contribution in [3.8, 4) is 0 Å². The molecule has 1 fully saturated rings. The number of benzene rings is 2. The minimum atomic E-state index is -3.58. The van der Waals surface area contributed by atoms with Gasteiger partial charge >= 0.3 is 0 Å². The maximum atomic E-state index is 12.8. The topological polar surface area (TPSA) is 79.4 Å². The Kier molecular flexibility index (Phi) is 5.54. The molecule has 1 aliphatic heterocycles. The number of hydrogen-bond acceptors (Lipinski definition) is 4. The van der Waals surface area contributed by atoms with E-state index >= 15 is 0 Å². The molecule has 2 heterocycles. The van der Waals surface area contributed by atoms with E-state index in [1.54, 1.807) is 18.3 Å². The number of nitrogens with zero attached hydrogens (tertiary/aromatic N) is 2. The number of rotatable bonds is 4. The van der Waals surface area contributed by atoms with Crippen LogP contribution in [0.1, 0.15) is 12.8 Å². The summed E-state index contributed by atoms with van der Waals surface area (Å²) in [4.78, 5) is 17.1. The van der Waals surface area contributed by atoms with Crippen molar-refractivity contribution >= 4 is 44.1 Å². The summed E-state index contributed by atoms with van der Waals surface area (Å²) in [5.74, 6) is -0.312. The van der Waals surface area contributed by atoms with Crippen LogP contribution in [0.3, 0.4) is 0 Å². The molecule has 1 N–H and O–H groups in total. The van der Waals surface area contributed by atoms with Gasteiger partial charge in [-0.2, -0.15) is 4.31 Å². The van der Waals surface area contributed by atoms with Crippen LogP contribution in [0, 0.1) is 5.92 Å². The van der Waals surface area contributed by atoms with Gasteiger partial charge in [0.1, 0.15) is 0 Å². The van der Waals surface area contributed by atoms with Crippen molar-refractivity contribution in [2.24, 2.45) is 5.92 Å². The standard InChI is InChI=1S/C21H20ClN3O3S/c22-17-3-6-19(7-4-17)29(27,28)25-12-9-15(10-13-25)21(26)24-18-5-8-20-16(14-18)2-1-11-23-20/h1-8,11,14-15H,9-10,12-13H2,(H,24,26). The fraction of sp³-hybridized carbons (Fsp3) is 0.238. The first kappa shape index (κ1) is 19.8. The summed E-state index contributed by atoms with van der Waals surface area (Å²) in [6, 6.07) is 15.5. The summed E-state index contributed by atoms with van der Waals surface area (Å²) in [7, 11) is -3.58. The summed E-state index contributed by atoms with van der Waals surface area (Å²) >= 11 is 5.84. The van der Waals surface area contributed by atoms with Crippen LogP contribution in [0.4, 0.5) is 5.69 Å². The van der Waals surface area contributed by atoms with E-state index in [4.69, 9.17) is 11.6 Å². The molecule has 4 rings (SSSR count). The van der Waals surface area contributed by atoms with E-state index in [1.165, 1.54) is 16.4 Å². The maximum Gasteiger partial charge on any atom is 0.243 e. The van der Waals surface area contributed by atoms with Gasteiger partial charge in [0.2, 0.25) is 15.9 Å². The van der Waals surface area contributed by atoms with E-state index in [1.807, 2.05) is 30.3 Å². The quantitative estimate of drug-likeness (QED) is 0.681. The molecule has 1 saturated heterocycles. The molecule has 0 radical (unpaired) electrons. The minimum absolute atomic E-state index is 0.0863. The van der Waals surface area contributed by atoms with Crippen LogP contribution in [0.25, 0.3) is 10.9 Å². The van der Waals surface area contributed by atoms with Gasteiger partial charge in [0.15, 0.2) is 0 Å². The average molecular weight is 430 g/mol. The Morgan fingerprint density at radius 1 is 1.07 bits per heavy atom. The Balaban J connectivity index is 1.39. The molecule has 1 amide bonds. The third-order valence-electron chi connectivity index (χ3n) is 5.15. The van der Waals surface area contributed by atoms with E-state index in [2.05, 4.69) is 10.3 Å². The number of carbonyl (C=O) groups excluding carboxylic acids is 1. The van der Waals surface area contributed by atoms with Gasteiger partial charge in [0.05, 0.1) is 10.4 Å². The molecule has 0 aliphatic carbocycles. The van der Waals surface area contributed by atoms with Crippen LogP contribution in [-0.4, -0.2) is 36.7 Å². The first-order valence-electron chi connectivity index (χ1n) is 9.35. The smallest absolute Gasteiger partial charge is 0.243 e. The molecular formula is C21H20ClN3O3S. The molecule has 1 aliphatic rings. The zero-order valence-corrected chi connectivity index (χ0v) is 17.2. The normalized spacial score (nSPS) is 16.0. The third kappa shape index (κ3) is 4.27. The number of hydrogen-bond donors (Lipinski definition) is 1. The number of amides is 1. The number of piperidine rings is 1. The lowest BCUT2D eigenvalue weighted by molar-refractivity contribution is -0.120. The van der Waals surface area contributed by atoms with Gasteiger partial charge < -0.3 is 5.32 Å². The van der Waals surface area contributed by atoms with Crippen LogP contribution >= 0.6 is 11.6 Å². The number of fused-ring (bicyclic) bond motifs is 1. The molecule has 29 heavy (non-hydrogen) atoms. The first-order chi connectivity index (χ1) is 13.9. The van der Waals surface area contributed by atoms with Crippen LogP contribution in [0.5, 0.6) is 0 Å². The van der Waals surface area contributed by atoms with Gasteiger partial charge in [0.25, 0.3) is 0 Å². The Morgan fingerprint density at radius 3 is 2.52 bits per heavy atom. The van der Waals surface area contributed by atoms with Crippen molar-refractivity contribution in [2.45, 2.75) is 17.7 Å². The Bertz CT molecular complexity index is 1140. The molecule has 150 valence electrons. The highest BCUT2D eigenvalue weighted by molar-refractivity contribution is 7.89. The molecule has 0 unspecified atom stereocenters. The van der Waals surface area contributed by atoms with Gasteiger partial charge in [-0.3, -0.25) is 9.78 Å². The maximum absolute atomic E-state index is 12.8. The predicted octanol–water partition coefficient (Wildman–Crippen LogP) is 3.93. The highest BCUT2D eigenvalue weighted by Crippen LogP contribution is 2.26. The van der Waals surface area contributed by atoms with Crippen molar-refractivity contribution in [1.29, 1.82) is 0 Å². The molecule has 6 nitrogen and oxygen atoms in total. The van der Waals surface area contributed by atoms with Crippen LogP contribution in [0.15, 0.2) is 65.7 Å². The summed E-state index contributed by atoms with van der Waals surface area (Å²) in [6.45, 7) is 0.620. The Hall–Kier alpha value is -2.48. The van der Waals surface area contributed by atoms with E-state index in [9.17, 15) is 13.2 Å². The number of aromatic nitrogens is 1. The third-order valence-corrected chi connectivity index (χ3v) is 7.31. The predicted molar refractivity (Wildman–Crippen MR) is 113 cm³/mol. The van der Waals surface area contributed by atoms with Gasteiger partial charge in [-0.1, -0.05) is 17.7 Å². The monoisotopic (exact) mass is 429 g/mol. The van der Waals surface area contributed by atoms with Crippen molar-refractivity contribution in [3.05, 3.63) is 65.8 Å². The van der Waals surface area contributed by atoms with E-state index in [0.717, 1.165) is 10.9 Å². The molecule has 0 bridgehead atoms. The highest BCUT2D eigenvalue weighted by Gasteiger charge is 2.32. The first-order valence-corrected chi connectivity index (χ1v) is 11.2. The second kappa shape index (κ2) is 8.10. The zero-order valence-electron chi connectivity index (χ0n) is 15.6. The van der Waals surface area contributed by atoms with E-state index in [0.29, 0.717) is 36.6 Å². The average Bonchev–Trinajstić information content (AvgIpc) is 2.74. The molecular weight excluding hydrogens is 410 g/mol. The SMILES string of the molecule is O=C(Nc1ccc2ncccc2c1)C1CCN(S(=O)(=O)c2ccc(Cl)cc2)CC1. The van der Waals surface area contributed by atoms with Gasteiger partial charge in [-0.05, 0) is 61.4 Å². The molecule has 2 aromatic carbocycles. The van der Waals surface area contributed by atoms with Gasteiger partial charge in [-0.15, -0.1) is 0 Å². The second-order valence-corrected chi connectivity index (χ2v) is 9.41. The highest BCUT2D eigenvalue weighted by atomic mass is 35.5. The Morgan fingerprint density at radius 2 is 1.79 bits per heavy atom. The fourth-order valence-corrected chi connectivity index (χ4v) is 5.11. The summed E-state index contributed by atoms with van der Waals surface area (Å²) in [5, 5.41) is 4.39. The lowest BCUT2D eigenvalue weighted by Gasteiger charge is -2.30. The summed E-state index contributed by atoms with van der Waals surface area (Å²) in [6.07, 6.45) is 2.69. The van der Waals surface area contributed by atoms with Crippen LogP contribution in [-0.2, 0) is 14.8 Å². The van der Waals surface area contributed by atoms with Crippen molar-refractivity contribution in [2.75, 3.05) is 18.4 Å². The molecule has 8 heteroatoms. The fourth-order valence-electron chi connectivity index (χ4n) is 3.51. The molecule has 0 atom stereocenters. The number of halogens is 1. The summed E-state index contributed by atoms with van der Waals surface area (Å²) < 4.78 is 27.0. The number of anilines is 1. The summed E-state index contributed by atoms with van der Waals surface area (Å²) in [5.41, 5.74) is 1.58. The zero-order chi connectivity index (χ0) is 20.4. The lowest BCUT2D eigenvalue weighted by atomic mass is 9.97. The molecule has 3 aromatic rings. The van der Waals surface area contributed by atoms with Crippen molar-refractivity contribution in [1.82, 2.24) is 9.29 Å². The lowest BCUT2D eigenvalue weighted by Crippen LogP contribution is -2.41. The second-order valence-electron chi connectivity index (χ2n) is 7.03. The molecule has 0 spiro atoms. The number of nitrogens with one attached hydrogen (secondary N) is 1. The largest absolute Gasteiger partial charge is 0.326 e. The van der Waals surface area contributed by atoms with E-state index in [-0.39, 0.29) is 16.7 Å². The van der Waals surface area contributed by atoms with Crippen LogP contribution < -0.4 is 5.32 Å². The van der Waals surface area contributed by atoms with Crippen molar-refractivity contribution in [3.63, 3.8) is 0 Å².